The molecule has 30 heavy (non-hydrogen) atoms. The lowest BCUT2D eigenvalue weighted by molar-refractivity contribution is 0.235. The molecule has 0 heterocycles. The minimum Gasteiger partial charge on any atom is -0.496 e. The molecule has 2 aromatic carbocycles. The predicted octanol–water partition coefficient (Wildman–Crippen LogP) is 2.62. The number of hydrogen-bond donors (Lipinski definition) is 0. The molecule has 0 bridgehead atoms. The zero-order chi connectivity index (χ0) is 22.0. The lowest BCUT2D eigenvalue weighted by atomic mass is 9.63. The standard InChI is InChI=1S/C21H26O7S2/c1-26-20-10-6-9-19-17(20)15-16-7-4-5-8-18(16)21(19,11-13-27-29(2,22)23)12-14-28-30(3,24)25/h4-10H,11-15H2,1-3H3. The molecule has 0 N–H and O–H groups in total. The molecule has 0 fully saturated rings. The highest BCUT2D eigenvalue weighted by Crippen LogP contribution is 2.48. The van der Waals surface area contributed by atoms with Crippen LogP contribution in [0.5, 0.6) is 5.75 Å². The van der Waals surface area contributed by atoms with Crippen molar-refractivity contribution in [2.24, 2.45) is 0 Å². The van der Waals surface area contributed by atoms with Gasteiger partial charge in [0.25, 0.3) is 20.2 Å². The Bertz CT molecular complexity index is 1080. The number of benzene rings is 2. The van der Waals surface area contributed by atoms with Crippen LogP contribution in [0.15, 0.2) is 42.5 Å². The molecular formula is C21H26O7S2. The Morgan fingerprint density at radius 2 is 1.40 bits per heavy atom. The van der Waals surface area contributed by atoms with Crippen molar-refractivity contribution in [1.82, 2.24) is 0 Å². The van der Waals surface area contributed by atoms with Crippen molar-refractivity contribution in [2.75, 3.05) is 32.8 Å². The van der Waals surface area contributed by atoms with Gasteiger partial charge >= 0.3 is 0 Å². The third kappa shape index (κ3) is 5.03. The summed E-state index contributed by atoms with van der Waals surface area (Å²) >= 11 is 0. The highest BCUT2D eigenvalue weighted by Gasteiger charge is 2.41. The third-order valence-electron chi connectivity index (χ3n) is 5.42. The zero-order valence-electron chi connectivity index (χ0n) is 17.3. The Morgan fingerprint density at radius 3 is 1.97 bits per heavy atom. The summed E-state index contributed by atoms with van der Waals surface area (Å²) in [5, 5.41) is 0. The Hall–Kier alpha value is -1.94. The summed E-state index contributed by atoms with van der Waals surface area (Å²) < 4.78 is 62.0. The molecule has 0 unspecified atom stereocenters. The first-order valence-electron chi connectivity index (χ1n) is 9.49. The van der Waals surface area contributed by atoms with Crippen LogP contribution in [0, 0.1) is 0 Å². The predicted molar refractivity (Wildman–Crippen MR) is 114 cm³/mol. The van der Waals surface area contributed by atoms with Crippen LogP contribution in [0.25, 0.3) is 0 Å². The van der Waals surface area contributed by atoms with E-state index in [4.69, 9.17) is 13.1 Å². The number of ether oxygens (including phenoxy) is 1. The van der Waals surface area contributed by atoms with Crippen LogP contribution in [0.1, 0.15) is 35.1 Å². The molecule has 0 spiro atoms. The second-order valence-corrected chi connectivity index (χ2v) is 10.7. The average molecular weight is 455 g/mol. The Labute approximate surface area is 178 Å². The van der Waals surface area contributed by atoms with Gasteiger partial charge in [-0.2, -0.15) is 16.8 Å². The minimum atomic E-state index is -3.61. The zero-order valence-corrected chi connectivity index (χ0v) is 18.9. The maximum atomic E-state index is 11.6. The highest BCUT2D eigenvalue weighted by atomic mass is 32.2. The fraction of sp³-hybridized carbons (Fsp3) is 0.429. The van der Waals surface area contributed by atoms with Crippen molar-refractivity contribution >= 4 is 20.2 Å². The van der Waals surface area contributed by atoms with Crippen LogP contribution in [-0.4, -0.2) is 49.7 Å². The minimum absolute atomic E-state index is 0.0390. The van der Waals surface area contributed by atoms with Crippen LogP contribution >= 0.6 is 0 Å². The molecule has 0 aromatic heterocycles. The molecule has 1 aliphatic rings. The molecule has 0 saturated carbocycles. The van der Waals surface area contributed by atoms with E-state index in [0.29, 0.717) is 19.3 Å². The molecule has 3 rings (SSSR count). The van der Waals surface area contributed by atoms with E-state index in [2.05, 4.69) is 0 Å². The maximum absolute atomic E-state index is 11.6. The SMILES string of the molecule is COc1cccc2c1Cc1ccccc1C2(CCOS(C)(=O)=O)CCOS(C)(=O)=O. The molecule has 0 atom stereocenters. The highest BCUT2D eigenvalue weighted by molar-refractivity contribution is 7.86. The van der Waals surface area contributed by atoms with E-state index < -0.39 is 25.7 Å². The summed E-state index contributed by atoms with van der Waals surface area (Å²) in [5.74, 6) is 0.736. The van der Waals surface area contributed by atoms with E-state index in [-0.39, 0.29) is 13.2 Å². The molecule has 2 aromatic rings. The van der Waals surface area contributed by atoms with Gasteiger partial charge in [0.15, 0.2) is 0 Å². The van der Waals surface area contributed by atoms with Gasteiger partial charge in [-0.15, -0.1) is 0 Å². The van der Waals surface area contributed by atoms with Gasteiger partial charge < -0.3 is 4.74 Å². The van der Waals surface area contributed by atoms with Crippen LogP contribution < -0.4 is 4.74 Å². The van der Waals surface area contributed by atoms with Gasteiger partial charge in [0, 0.05) is 17.4 Å². The number of methoxy groups -OCH3 is 1. The van der Waals surface area contributed by atoms with Gasteiger partial charge in [0.05, 0.1) is 32.8 Å². The van der Waals surface area contributed by atoms with Gasteiger partial charge in [-0.3, -0.25) is 8.37 Å². The van der Waals surface area contributed by atoms with Crippen molar-refractivity contribution in [3.05, 3.63) is 64.7 Å². The van der Waals surface area contributed by atoms with Crippen molar-refractivity contribution in [2.45, 2.75) is 24.7 Å². The van der Waals surface area contributed by atoms with Gasteiger partial charge in [-0.1, -0.05) is 36.4 Å². The van der Waals surface area contributed by atoms with Gasteiger partial charge in [0.2, 0.25) is 0 Å². The first-order chi connectivity index (χ1) is 14.1. The van der Waals surface area contributed by atoms with Crippen LogP contribution in [0.2, 0.25) is 0 Å². The first kappa shape index (κ1) is 22.7. The Kier molecular flexibility index (Phi) is 6.57. The summed E-state index contributed by atoms with van der Waals surface area (Å²) in [7, 11) is -5.62. The quantitative estimate of drug-likeness (QED) is 0.538. The van der Waals surface area contributed by atoms with Gasteiger partial charge in [-0.25, -0.2) is 0 Å². The molecule has 0 saturated heterocycles. The number of hydrogen-bond acceptors (Lipinski definition) is 7. The molecule has 164 valence electrons. The van der Waals surface area contributed by atoms with Gasteiger partial charge in [-0.05, 0) is 35.6 Å². The van der Waals surface area contributed by atoms with Crippen molar-refractivity contribution < 1.29 is 29.9 Å². The lowest BCUT2D eigenvalue weighted by Gasteiger charge is -2.41. The fourth-order valence-corrected chi connectivity index (χ4v) is 5.03. The lowest BCUT2D eigenvalue weighted by Crippen LogP contribution is -2.36. The van der Waals surface area contributed by atoms with E-state index >= 15 is 0 Å². The number of rotatable bonds is 9. The molecule has 0 amide bonds. The topological polar surface area (TPSA) is 96.0 Å². The molecule has 1 aliphatic carbocycles. The molecule has 7 nitrogen and oxygen atoms in total. The largest absolute Gasteiger partial charge is 0.496 e. The summed E-state index contributed by atoms with van der Waals surface area (Å²) in [6, 6.07) is 13.6. The van der Waals surface area contributed by atoms with E-state index in [9.17, 15) is 16.8 Å². The number of fused-ring (bicyclic) bond motifs is 2. The third-order valence-corrected chi connectivity index (χ3v) is 6.61. The van der Waals surface area contributed by atoms with Crippen molar-refractivity contribution in [1.29, 1.82) is 0 Å². The molecule has 0 radical (unpaired) electrons. The molecule has 9 heteroatoms. The maximum Gasteiger partial charge on any atom is 0.264 e. The first-order valence-corrected chi connectivity index (χ1v) is 13.1. The monoisotopic (exact) mass is 454 g/mol. The van der Waals surface area contributed by atoms with Crippen molar-refractivity contribution in [3.63, 3.8) is 0 Å². The molecule has 0 aliphatic heterocycles. The van der Waals surface area contributed by atoms with Crippen LogP contribution in [0.3, 0.4) is 0 Å². The average Bonchev–Trinajstić information content (AvgIpc) is 2.65. The van der Waals surface area contributed by atoms with E-state index in [1.165, 1.54) is 0 Å². The summed E-state index contributed by atoms with van der Waals surface area (Å²) in [5.41, 5.74) is 3.37. The Balaban J connectivity index is 2.13. The smallest absolute Gasteiger partial charge is 0.264 e. The van der Waals surface area contributed by atoms with Crippen molar-refractivity contribution in [3.8, 4) is 5.75 Å². The fourth-order valence-electron chi connectivity index (χ4n) is 4.26. The van der Waals surface area contributed by atoms with Crippen LogP contribution in [-0.2, 0) is 40.4 Å². The second-order valence-electron chi connectivity index (χ2n) is 7.45. The van der Waals surface area contributed by atoms with Crippen LogP contribution in [0.4, 0.5) is 0 Å². The second kappa shape index (κ2) is 8.66. The normalized spacial score (nSPS) is 15.3. The van der Waals surface area contributed by atoms with Gasteiger partial charge in [0.1, 0.15) is 5.75 Å². The Morgan fingerprint density at radius 1 is 0.833 bits per heavy atom. The van der Waals surface area contributed by atoms with E-state index in [0.717, 1.165) is 40.5 Å². The van der Waals surface area contributed by atoms with E-state index in [1.54, 1.807) is 7.11 Å². The molecular weight excluding hydrogens is 428 g/mol. The summed E-state index contributed by atoms with van der Waals surface area (Å²) in [6.45, 7) is -0.0780. The summed E-state index contributed by atoms with van der Waals surface area (Å²) in [6.07, 6.45) is 3.36. The summed E-state index contributed by atoms with van der Waals surface area (Å²) in [4.78, 5) is 0. The van der Waals surface area contributed by atoms with E-state index in [1.807, 2.05) is 42.5 Å².